The van der Waals surface area contributed by atoms with Crippen molar-refractivity contribution in [3.8, 4) is 0 Å². The summed E-state index contributed by atoms with van der Waals surface area (Å²) in [7, 11) is -4.19. The van der Waals surface area contributed by atoms with Gasteiger partial charge in [-0.15, -0.1) is 0 Å². The molecule has 1 atom stereocenters. The van der Waals surface area contributed by atoms with Crippen LogP contribution >= 0.6 is 11.6 Å². The molecule has 1 N–H and O–H groups in total. The number of hydrogen-bond acceptors (Lipinski definition) is 4. The van der Waals surface area contributed by atoms with E-state index in [-0.39, 0.29) is 13.0 Å². The minimum atomic E-state index is -4.19. The molecule has 1 fully saturated rings. The van der Waals surface area contributed by atoms with Gasteiger partial charge in [0.2, 0.25) is 5.00 Å². The molecular weight excluding hydrogens is 429 g/mol. The zero-order valence-corrected chi connectivity index (χ0v) is 18.1. The molecule has 1 heterocycles. The fourth-order valence-corrected chi connectivity index (χ4v) is 5.09. The molecule has 30 heavy (non-hydrogen) atoms. The number of benzene rings is 1. The van der Waals surface area contributed by atoms with Gasteiger partial charge in [0.1, 0.15) is 0 Å². The summed E-state index contributed by atoms with van der Waals surface area (Å²) in [6, 6.07) is 7.17. The first-order chi connectivity index (χ1) is 14.3. The van der Waals surface area contributed by atoms with Crippen LogP contribution in [0.1, 0.15) is 24.8 Å². The Morgan fingerprint density at radius 1 is 1.33 bits per heavy atom. The Kier molecular flexibility index (Phi) is 7.55. The molecule has 0 bridgehead atoms. The lowest BCUT2D eigenvalue weighted by Gasteiger charge is -2.31. The second-order valence-electron chi connectivity index (χ2n) is 7.56. The van der Waals surface area contributed by atoms with Gasteiger partial charge in [-0.05, 0) is 60.7 Å². The summed E-state index contributed by atoms with van der Waals surface area (Å²) in [4.78, 5) is 4.92. The first-order valence-corrected chi connectivity index (χ1v) is 11.8. The van der Waals surface area contributed by atoms with Gasteiger partial charge in [0.15, 0.2) is 0 Å². The van der Waals surface area contributed by atoms with E-state index in [4.69, 9.17) is 17.1 Å². The highest BCUT2D eigenvalue weighted by atomic mass is 35.5. The van der Waals surface area contributed by atoms with Gasteiger partial charge >= 0.3 is 0 Å². The Hall–Kier alpha value is -1.90. The Morgan fingerprint density at radius 3 is 2.70 bits per heavy atom. The molecule has 3 rings (SSSR count). The van der Waals surface area contributed by atoms with Crippen molar-refractivity contribution in [2.75, 3.05) is 32.7 Å². The van der Waals surface area contributed by atoms with Crippen LogP contribution in [0.4, 0.5) is 4.39 Å². The monoisotopic (exact) mass is 453 g/mol. The molecule has 1 saturated heterocycles. The van der Waals surface area contributed by atoms with E-state index in [1.165, 1.54) is 6.08 Å². The average Bonchev–Trinajstić information content (AvgIpc) is 2.74. The van der Waals surface area contributed by atoms with Crippen molar-refractivity contribution in [3.05, 3.63) is 63.5 Å². The molecule has 1 aromatic rings. The van der Waals surface area contributed by atoms with E-state index in [0.29, 0.717) is 29.6 Å². The Labute approximate surface area is 181 Å². The molecule has 1 aliphatic heterocycles. The number of piperidine rings is 1. The summed E-state index contributed by atoms with van der Waals surface area (Å²) in [6.07, 6.45) is 5.65. The van der Waals surface area contributed by atoms with Gasteiger partial charge in [-0.25, -0.2) is 17.5 Å². The molecule has 0 spiro atoms. The first-order valence-electron chi connectivity index (χ1n) is 9.90. The standard InChI is InChI=1S/C20H25ClFN5O2S/c21-19-4-2-1-3-18(19)17-5-9-20(22,10-6-17)30(28,29)25-11-14-27-12-7-16(8-13-27)15-24-26-23/h1-6,9,16,25H,7-8,10-15H2. The van der Waals surface area contributed by atoms with Gasteiger partial charge < -0.3 is 4.90 Å². The van der Waals surface area contributed by atoms with Crippen LogP contribution in [-0.2, 0) is 10.0 Å². The molecule has 0 aromatic heterocycles. The third-order valence-corrected chi connectivity index (χ3v) is 7.68. The minimum absolute atomic E-state index is 0.143. The molecule has 162 valence electrons. The van der Waals surface area contributed by atoms with Crippen molar-refractivity contribution in [3.63, 3.8) is 0 Å². The Bertz CT molecular complexity index is 969. The van der Waals surface area contributed by atoms with Crippen LogP contribution in [0.15, 0.2) is 47.6 Å². The lowest BCUT2D eigenvalue weighted by Crippen LogP contribution is -2.45. The fourth-order valence-electron chi connectivity index (χ4n) is 3.70. The van der Waals surface area contributed by atoms with Crippen molar-refractivity contribution >= 4 is 27.2 Å². The van der Waals surface area contributed by atoms with Crippen LogP contribution in [0, 0.1) is 5.92 Å². The maximum absolute atomic E-state index is 15.2. The molecule has 0 radical (unpaired) electrons. The van der Waals surface area contributed by atoms with E-state index in [1.54, 1.807) is 18.2 Å². The van der Waals surface area contributed by atoms with Crippen LogP contribution < -0.4 is 4.72 Å². The molecule has 0 amide bonds. The van der Waals surface area contributed by atoms with Gasteiger partial charge in [0, 0.05) is 36.0 Å². The summed E-state index contributed by atoms with van der Waals surface area (Å²) in [5.74, 6) is 0.370. The number of halogens is 2. The molecule has 7 nitrogen and oxygen atoms in total. The van der Waals surface area contributed by atoms with Crippen LogP contribution in [-0.4, -0.2) is 51.0 Å². The summed E-state index contributed by atoms with van der Waals surface area (Å²) in [5.41, 5.74) is 9.84. The van der Waals surface area contributed by atoms with Gasteiger partial charge in [0.25, 0.3) is 10.0 Å². The van der Waals surface area contributed by atoms with Crippen molar-refractivity contribution in [1.29, 1.82) is 0 Å². The second-order valence-corrected chi connectivity index (χ2v) is 9.94. The zero-order valence-electron chi connectivity index (χ0n) is 16.5. The number of allylic oxidation sites excluding steroid dienone is 3. The highest BCUT2D eigenvalue weighted by Crippen LogP contribution is 2.35. The van der Waals surface area contributed by atoms with Crippen LogP contribution in [0.25, 0.3) is 16.0 Å². The number of rotatable bonds is 8. The SMILES string of the molecule is [N-]=[N+]=NCC1CCN(CCNS(=O)(=O)C2(F)C=CC(c3ccccc3Cl)=CC2)CC1. The lowest BCUT2D eigenvalue weighted by atomic mass is 9.97. The number of sulfonamides is 1. The molecule has 1 unspecified atom stereocenters. The molecule has 2 aliphatic rings. The third-order valence-electron chi connectivity index (χ3n) is 5.57. The number of nitrogens with one attached hydrogen (secondary N) is 1. The van der Waals surface area contributed by atoms with Gasteiger partial charge in [-0.1, -0.05) is 47.1 Å². The van der Waals surface area contributed by atoms with Crippen LogP contribution in [0.5, 0.6) is 0 Å². The van der Waals surface area contributed by atoms with Crippen LogP contribution in [0.2, 0.25) is 5.02 Å². The van der Waals surface area contributed by atoms with Crippen molar-refractivity contribution in [2.45, 2.75) is 24.3 Å². The second kappa shape index (κ2) is 9.94. The Balaban J connectivity index is 1.51. The lowest BCUT2D eigenvalue weighted by molar-refractivity contribution is 0.190. The van der Waals surface area contributed by atoms with E-state index >= 15 is 4.39 Å². The van der Waals surface area contributed by atoms with Gasteiger partial charge in [0.05, 0.1) is 0 Å². The summed E-state index contributed by atoms with van der Waals surface area (Å²) in [6.45, 7) is 2.76. The summed E-state index contributed by atoms with van der Waals surface area (Å²) in [5, 5.41) is 1.66. The molecule has 0 saturated carbocycles. The maximum Gasteiger partial charge on any atom is 0.251 e. The van der Waals surface area contributed by atoms with E-state index in [0.717, 1.165) is 37.6 Å². The van der Waals surface area contributed by atoms with Gasteiger partial charge in [-0.2, -0.15) is 0 Å². The number of hydrogen-bond donors (Lipinski definition) is 1. The summed E-state index contributed by atoms with van der Waals surface area (Å²) >= 11 is 6.17. The van der Waals surface area contributed by atoms with E-state index in [9.17, 15) is 8.42 Å². The maximum atomic E-state index is 15.2. The van der Waals surface area contributed by atoms with Crippen molar-refractivity contribution < 1.29 is 12.8 Å². The minimum Gasteiger partial charge on any atom is -0.302 e. The highest BCUT2D eigenvalue weighted by molar-refractivity contribution is 7.90. The Morgan fingerprint density at radius 2 is 2.07 bits per heavy atom. The first kappa shape index (κ1) is 22.8. The molecule has 1 aromatic carbocycles. The van der Waals surface area contributed by atoms with Gasteiger partial charge in [-0.3, -0.25) is 0 Å². The van der Waals surface area contributed by atoms with E-state index < -0.39 is 15.0 Å². The molecule has 1 aliphatic carbocycles. The highest BCUT2D eigenvalue weighted by Gasteiger charge is 2.42. The normalized spacial score (nSPS) is 23.1. The smallest absolute Gasteiger partial charge is 0.251 e. The topological polar surface area (TPSA) is 98.2 Å². The molecule has 10 heteroatoms. The number of likely N-dealkylation sites (tertiary alicyclic amines) is 1. The third kappa shape index (κ3) is 5.42. The number of alkyl halides is 1. The largest absolute Gasteiger partial charge is 0.302 e. The van der Waals surface area contributed by atoms with Crippen molar-refractivity contribution in [2.24, 2.45) is 11.0 Å². The zero-order chi connectivity index (χ0) is 21.6. The fraction of sp³-hybridized carbons (Fsp3) is 0.500. The predicted molar refractivity (Wildman–Crippen MR) is 117 cm³/mol. The van der Waals surface area contributed by atoms with Crippen molar-refractivity contribution in [1.82, 2.24) is 9.62 Å². The average molecular weight is 454 g/mol. The van der Waals surface area contributed by atoms with E-state index in [1.807, 2.05) is 12.1 Å². The predicted octanol–water partition coefficient (Wildman–Crippen LogP) is 4.29. The number of nitrogens with zero attached hydrogens (tertiary/aromatic N) is 4. The summed E-state index contributed by atoms with van der Waals surface area (Å²) < 4.78 is 42.8. The van der Waals surface area contributed by atoms with E-state index in [2.05, 4.69) is 19.6 Å². The number of azide groups is 1. The van der Waals surface area contributed by atoms with Crippen LogP contribution in [0.3, 0.4) is 0 Å². The quantitative estimate of drug-likeness (QED) is 0.361. The molecular formula is C20H25ClFN5O2S.